The highest BCUT2D eigenvalue weighted by molar-refractivity contribution is 5.92. The number of rotatable bonds is 4. The van der Waals surface area contributed by atoms with Gasteiger partial charge < -0.3 is 9.80 Å². The van der Waals surface area contributed by atoms with E-state index in [4.69, 9.17) is 0 Å². The number of fused-ring (bicyclic) bond motifs is 1. The molecular formula is C23H23N5O3. The lowest BCUT2D eigenvalue weighted by atomic mass is 10.1. The molecular weight excluding hydrogens is 394 g/mol. The number of aromatic nitrogens is 3. The van der Waals surface area contributed by atoms with Gasteiger partial charge in [0.15, 0.2) is 0 Å². The van der Waals surface area contributed by atoms with Crippen LogP contribution in [0.1, 0.15) is 34.7 Å². The van der Waals surface area contributed by atoms with Gasteiger partial charge >= 0.3 is 0 Å². The number of carbonyl (C=O) groups excluding carboxylic acids is 2. The van der Waals surface area contributed by atoms with Crippen molar-refractivity contribution in [2.75, 3.05) is 26.2 Å². The lowest BCUT2D eigenvalue weighted by Crippen LogP contribution is -2.51. The van der Waals surface area contributed by atoms with Crippen LogP contribution in [0.15, 0.2) is 47.3 Å². The zero-order chi connectivity index (χ0) is 21.4. The lowest BCUT2D eigenvalue weighted by molar-refractivity contribution is -0.134. The van der Waals surface area contributed by atoms with Crippen molar-refractivity contribution >= 4 is 22.6 Å². The monoisotopic (exact) mass is 417 g/mol. The van der Waals surface area contributed by atoms with Gasteiger partial charge in [-0.05, 0) is 31.0 Å². The number of benzene rings is 1. The summed E-state index contributed by atoms with van der Waals surface area (Å²) in [5.74, 6) is 0.311. The molecule has 1 aliphatic heterocycles. The third-order valence-corrected chi connectivity index (χ3v) is 5.95. The SMILES string of the molecule is O=C(c1cccc(Cc2n[nH]c(=O)c3ccccc23)n1)N1CCN(C(=O)C2CC2)CC1. The standard InChI is InChI=1S/C23H23N5O3/c29-21-18-6-2-1-5-17(18)20(25-26-21)14-16-4-3-7-19(24-16)23(31)28-12-10-27(11-13-28)22(30)15-8-9-15/h1-7,15H,8-14H2,(H,26,29). The molecule has 1 aliphatic carbocycles. The van der Waals surface area contributed by atoms with Crippen molar-refractivity contribution < 1.29 is 9.59 Å². The van der Waals surface area contributed by atoms with E-state index in [1.54, 1.807) is 17.0 Å². The van der Waals surface area contributed by atoms with Gasteiger partial charge in [0.25, 0.3) is 11.5 Å². The number of nitrogens with zero attached hydrogens (tertiary/aromatic N) is 4. The molecule has 1 saturated heterocycles. The highest BCUT2D eigenvalue weighted by Gasteiger charge is 2.35. The molecule has 5 rings (SSSR count). The Kier molecular flexibility index (Phi) is 4.97. The molecule has 0 spiro atoms. The Morgan fingerprint density at radius 1 is 0.935 bits per heavy atom. The first-order valence-corrected chi connectivity index (χ1v) is 10.6. The number of amides is 2. The highest BCUT2D eigenvalue weighted by Crippen LogP contribution is 2.31. The van der Waals surface area contributed by atoms with E-state index in [2.05, 4.69) is 15.2 Å². The molecule has 0 bridgehead atoms. The molecule has 31 heavy (non-hydrogen) atoms. The van der Waals surface area contributed by atoms with Crippen molar-refractivity contribution in [1.29, 1.82) is 0 Å². The number of aromatic amines is 1. The fraction of sp³-hybridized carbons (Fsp3) is 0.348. The average Bonchev–Trinajstić information content (AvgIpc) is 3.66. The zero-order valence-corrected chi connectivity index (χ0v) is 17.1. The largest absolute Gasteiger partial charge is 0.339 e. The van der Waals surface area contributed by atoms with E-state index in [1.165, 1.54) is 0 Å². The Bertz CT molecular complexity index is 1210. The summed E-state index contributed by atoms with van der Waals surface area (Å²) in [6.45, 7) is 2.20. The van der Waals surface area contributed by atoms with Crippen LogP contribution in [0.2, 0.25) is 0 Å². The van der Waals surface area contributed by atoms with Crippen LogP contribution in [0.3, 0.4) is 0 Å². The van der Waals surface area contributed by atoms with E-state index >= 15 is 0 Å². The minimum Gasteiger partial charge on any atom is -0.339 e. The van der Waals surface area contributed by atoms with Crippen LogP contribution in [0, 0.1) is 5.92 Å². The van der Waals surface area contributed by atoms with Crippen LogP contribution in [0.4, 0.5) is 0 Å². The maximum absolute atomic E-state index is 13.0. The van der Waals surface area contributed by atoms with E-state index in [-0.39, 0.29) is 23.3 Å². The summed E-state index contributed by atoms with van der Waals surface area (Å²) in [4.78, 5) is 45.4. The van der Waals surface area contributed by atoms with Crippen molar-refractivity contribution in [2.24, 2.45) is 5.92 Å². The number of hydrogen-bond acceptors (Lipinski definition) is 5. The number of piperazine rings is 1. The van der Waals surface area contributed by atoms with Gasteiger partial charge in [0.05, 0.1) is 11.1 Å². The summed E-state index contributed by atoms with van der Waals surface area (Å²) >= 11 is 0. The topological polar surface area (TPSA) is 99.3 Å². The molecule has 1 saturated carbocycles. The maximum atomic E-state index is 13.0. The van der Waals surface area contributed by atoms with Gasteiger partial charge in [-0.1, -0.05) is 24.3 Å². The van der Waals surface area contributed by atoms with Gasteiger partial charge in [-0.2, -0.15) is 5.10 Å². The number of H-pyrrole nitrogens is 1. The zero-order valence-electron chi connectivity index (χ0n) is 17.1. The maximum Gasteiger partial charge on any atom is 0.272 e. The van der Waals surface area contributed by atoms with Crippen molar-refractivity contribution in [3.05, 3.63) is 69.9 Å². The van der Waals surface area contributed by atoms with Gasteiger partial charge in [-0.25, -0.2) is 10.1 Å². The van der Waals surface area contributed by atoms with E-state index in [0.29, 0.717) is 55.1 Å². The quantitative estimate of drug-likeness (QED) is 0.695. The van der Waals surface area contributed by atoms with E-state index < -0.39 is 0 Å². The molecule has 0 unspecified atom stereocenters. The highest BCUT2D eigenvalue weighted by atomic mass is 16.2. The first-order chi connectivity index (χ1) is 15.1. The Morgan fingerprint density at radius 2 is 1.65 bits per heavy atom. The minimum atomic E-state index is -0.226. The number of nitrogens with one attached hydrogen (secondary N) is 1. The Balaban J connectivity index is 1.31. The molecule has 2 aromatic heterocycles. The normalized spacial score (nSPS) is 16.5. The molecule has 8 heteroatoms. The molecule has 0 atom stereocenters. The summed E-state index contributed by atoms with van der Waals surface area (Å²) in [6.07, 6.45) is 2.39. The van der Waals surface area contributed by atoms with Crippen molar-refractivity contribution in [3.8, 4) is 0 Å². The van der Waals surface area contributed by atoms with Crippen molar-refractivity contribution in [1.82, 2.24) is 25.0 Å². The number of hydrogen-bond donors (Lipinski definition) is 1. The predicted molar refractivity (Wildman–Crippen MR) is 115 cm³/mol. The minimum absolute atomic E-state index is 0.125. The van der Waals surface area contributed by atoms with Crippen LogP contribution in [0.25, 0.3) is 10.8 Å². The second kappa shape index (κ2) is 7.94. The van der Waals surface area contributed by atoms with Crippen LogP contribution in [0.5, 0.6) is 0 Å². The molecule has 158 valence electrons. The second-order valence-corrected chi connectivity index (χ2v) is 8.13. The molecule has 2 aliphatic rings. The molecule has 1 aromatic carbocycles. The average molecular weight is 417 g/mol. The number of pyridine rings is 1. The third kappa shape index (κ3) is 3.93. The van der Waals surface area contributed by atoms with Gasteiger partial charge in [-0.3, -0.25) is 14.4 Å². The van der Waals surface area contributed by atoms with E-state index in [0.717, 1.165) is 18.2 Å². The summed E-state index contributed by atoms with van der Waals surface area (Å²) in [6, 6.07) is 12.7. The van der Waals surface area contributed by atoms with Crippen molar-refractivity contribution in [3.63, 3.8) is 0 Å². The lowest BCUT2D eigenvalue weighted by Gasteiger charge is -2.34. The van der Waals surface area contributed by atoms with Crippen LogP contribution in [-0.2, 0) is 11.2 Å². The fourth-order valence-corrected chi connectivity index (χ4v) is 4.06. The van der Waals surface area contributed by atoms with E-state index in [1.807, 2.05) is 35.2 Å². The third-order valence-electron chi connectivity index (χ3n) is 5.95. The molecule has 3 heterocycles. The molecule has 0 radical (unpaired) electrons. The van der Waals surface area contributed by atoms with Gasteiger partial charge in [0, 0.05) is 49.6 Å². The van der Waals surface area contributed by atoms with Crippen LogP contribution >= 0.6 is 0 Å². The Morgan fingerprint density at radius 3 is 2.39 bits per heavy atom. The summed E-state index contributed by atoms with van der Waals surface area (Å²) < 4.78 is 0. The molecule has 2 amide bonds. The summed E-state index contributed by atoms with van der Waals surface area (Å²) in [7, 11) is 0. The Labute approximate surface area is 178 Å². The summed E-state index contributed by atoms with van der Waals surface area (Å²) in [5.41, 5.74) is 1.57. The fourth-order valence-electron chi connectivity index (χ4n) is 4.06. The first kappa shape index (κ1) is 19.4. The van der Waals surface area contributed by atoms with Crippen LogP contribution < -0.4 is 5.56 Å². The number of carbonyl (C=O) groups is 2. The predicted octanol–water partition coefficient (Wildman–Crippen LogP) is 1.60. The van der Waals surface area contributed by atoms with E-state index in [9.17, 15) is 14.4 Å². The second-order valence-electron chi connectivity index (χ2n) is 8.13. The molecule has 1 N–H and O–H groups in total. The van der Waals surface area contributed by atoms with Crippen molar-refractivity contribution in [2.45, 2.75) is 19.3 Å². The van der Waals surface area contributed by atoms with Gasteiger partial charge in [0.1, 0.15) is 5.69 Å². The van der Waals surface area contributed by atoms with Crippen LogP contribution in [-0.4, -0.2) is 63.0 Å². The first-order valence-electron chi connectivity index (χ1n) is 10.6. The molecule has 2 fully saturated rings. The van der Waals surface area contributed by atoms with Gasteiger partial charge in [0.2, 0.25) is 5.91 Å². The van der Waals surface area contributed by atoms with Gasteiger partial charge in [-0.15, -0.1) is 0 Å². The summed E-state index contributed by atoms with van der Waals surface area (Å²) in [5, 5.41) is 8.10. The Hall–Kier alpha value is -3.55. The molecule has 8 nitrogen and oxygen atoms in total. The molecule has 3 aromatic rings. The smallest absolute Gasteiger partial charge is 0.272 e.